The molecule has 0 aliphatic carbocycles. The van der Waals surface area contributed by atoms with Crippen LogP contribution >= 0.6 is 31.9 Å². The molecule has 6 heteroatoms. The van der Waals surface area contributed by atoms with Gasteiger partial charge in [0.2, 0.25) is 0 Å². The molecule has 1 rings (SSSR count). The van der Waals surface area contributed by atoms with Crippen molar-refractivity contribution in [2.24, 2.45) is 0 Å². The molecule has 0 fully saturated rings. The lowest BCUT2D eigenvalue weighted by molar-refractivity contribution is 0.0679. The highest BCUT2D eigenvalue weighted by atomic mass is 79.9. The number of carboxylic acids is 2. The number of aryl methyl sites for hydroxylation is 2. The van der Waals surface area contributed by atoms with Gasteiger partial charge in [0.15, 0.2) is 0 Å². The van der Waals surface area contributed by atoms with Gasteiger partial charge >= 0.3 is 11.9 Å². The second-order valence-corrected chi connectivity index (χ2v) is 5.24. The maximum absolute atomic E-state index is 11.2. The zero-order valence-corrected chi connectivity index (χ0v) is 12.6. The van der Waals surface area contributed by atoms with Crippen LogP contribution in [0.15, 0.2) is 12.1 Å². The van der Waals surface area contributed by atoms with Crippen molar-refractivity contribution >= 4 is 43.8 Å². The van der Waals surface area contributed by atoms with E-state index in [1.165, 1.54) is 12.1 Å². The Hall–Kier alpha value is -0.880. The molecule has 18 heavy (non-hydrogen) atoms. The highest BCUT2D eigenvalue weighted by Crippen LogP contribution is 2.20. The van der Waals surface area contributed by atoms with E-state index in [0.29, 0.717) is 34.6 Å². The Bertz CT molecular complexity index is 428. The van der Waals surface area contributed by atoms with Gasteiger partial charge in [0, 0.05) is 10.7 Å². The van der Waals surface area contributed by atoms with Crippen LogP contribution in [0.5, 0.6) is 0 Å². The number of hydrogen-bond donors (Lipinski definition) is 2. The highest BCUT2D eigenvalue weighted by molar-refractivity contribution is 9.09. The van der Waals surface area contributed by atoms with E-state index in [1.54, 1.807) is 0 Å². The van der Waals surface area contributed by atoms with Gasteiger partial charge in [-0.1, -0.05) is 31.9 Å². The summed E-state index contributed by atoms with van der Waals surface area (Å²) in [7, 11) is 0. The Kier molecular flexibility index (Phi) is 5.81. The summed E-state index contributed by atoms with van der Waals surface area (Å²) < 4.78 is 0. The largest absolute Gasteiger partial charge is 0.478 e. The van der Waals surface area contributed by atoms with Crippen molar-refractivity contribution in [1.82, 2.24) is 0 Å². The number of carbonyl (C=O) groups is 2. The number of alkyl halides is 2. The minimum absolute atomic E-state index is 0.176. The van der Waals surface area contributed by atoms with Gasteiger partial charge in [-0.3, -0.25) is 0 Å². The summed E-state index contributed by atoms with van der Waals surface area (Å²) in [6.45, 7) is 0. The lowest BCUT2D eigenvalue weighted by Crippen LogP contribution is -2.10. The third-order valence-electron chi connectivity index (χ3n) is 2.52. The minimum atomic E-state index is -1.03. The lowest BCUT2D eigenvalue weighted by atomic mass is 9.95. The van der Waals surface area contributed by atoms with E-state index >= 15 is 0 Å². The van der Waals surface area contributed by atoms with Gasteiger partial charge in [-0.15, -0.1) is 0 Å². The van der Waals surface area contributed by atoms with E-state index in [2.05, 4.69) is 31.9 Å². The number of carboxylic acid groups (broad SMARTS) is 2. The smallest absolute Gasteiger partial charge is 0.335 e. The topological polar surface area (TPSA) is 74.6 Å². The van der Waals surface area contributed by atoms with Crippen molar-refractivity contribution in [2.75, 3.05) is 10.7 Å². The molecule has 0 heterocycles. The first-order chi connectivity index (χ1) is 8.51. The summed E-state index contributed by atoms with van der Waals surface area (Å²) in [5.74, 6) is -2.06. The summed E-state index contributed by atoms with van der Waals surface area (Å²) in [6.07, 6.45) is 0.965. The number of hydrogen-bond acceptors (Lipinski definition) is 2. The van der Waals surface area contributed by atoms with Gasteiger partial charge in [-0.25, -0.2) is 9.59 Å². The Labute approximate surface area is 121 Å². The van der Waals surface area contributed by atoms with Crippen LogP contribution in [-0.4, -0.2) is 32.8 Å². The maximum Gasteiger partial charge on any atom is 0.335 e. The van der Waals surface area contributed by atoms with E-state index in [0.717, 1.165) is 0 Å². The predicted molar refractivity (Wildman–Crippen MR) is 75.4 cm³/mol. The number of halogens is 2. The molecule has 0 spiro atoms. The SMILES string of the molecule is O=C(O)c1cc(CCBr)c(C(=O)O)cc1CCBr. The average molecular weight is 380 g/mol. The zero-order valence-electron chi connectivity index (χ0n) is 9.45. The van der Waals surface area contributed by atoms with Gasteiger partial charge in [-0.2, -0.15) is 0 Å². The van der Waals surface area contributed by atoms with Crippen LogP contribution in [0.4, 0.5) is 0 Å². The molecule has 2 N–H and O–H groups in total. The number of aromatic carboxylic acids is 2. The Morgan fingerprint density at radius 2 is 1.22 bits per heavy atom. The van der Waals surface area contributed by atoms with Crippen LogP contribution < -0.4 is 0 Å². The van der Waals surface area contributed by atoms with Crippen LogP contribution in [0.2, 0.25) is 0 Å². The molecule has 1 aromatic carbocycles. The summed E-state index contributed by atoms with van der Waals surface area (Å²) in [5, 5.41) is 19.5. The third-order valence-corrected chi connectivity index (χ3v) is 3.31. The summed E-state index contributed by atoms with van der Waals surface area (Å²) in [4.78, 5) is 22.3. The first-order valence-corrected chi connectivity index (χ1v) is 7.49. The molecule has 0 radical (unpaired) electrons. The monoisotopic (exact) mass is 378 g/mol. The van der Waals surface area contributed by atoms with Gasteiger partial charge in [0.05, 0.1) is 11.1 Å². The predicted octanol–water partition coefficient (Wildman–Crippen LogP) is 2.96. The number of rotatable bonds is 6. The standard InChI is InChI=1S/C12H12Br2O4/c13-3-1-7-5-10(12(17)18)8(2-4-14)6-9(7)11(15)16/h5-6H,1-4H2,(H,15,16)(H,17,18). The summed E-state index contributed by atoms with van der Waals surface area (Å²) >= 11 is 6.46. The van der Waals surface area contributed by atoms with Gasteiger partial charge in [0.25, 0.3) is 0 Å². The van der Waals surface area contributed by atoms with E-state index in [1.807, 2.05) is 0 Å². The first-order valence-electron chi connectivity index (χ1n) is 5.25. The first kappa shape index (κ1) is 15.2. The Morgan fingerprint density at radius 3 is 1.44 bits per heavy atom. The van der Waals surface area contributed by atoms with Crippen molar-refractivity contribution in [3.05, 3.63) is 34.4 Å². The Balaban J connectivity index is 3.39. The molecule has 0 atom stereocenters. The van der Waals surface area contributed by atoms with Crippen molar-refractivity contribution in [3.63, 3.8) is 0 Å². The molecule has 0 saturated carbocycles. The molecule has 0 aromatic heterocycles. The van der Waals surface area contributed by atoms with Crippen LogP contribution in [0.1, 0.15) is 31.8 Å². The third kappa shape index (κ3) is 3.55. The van der Waals surface area contributed by atoms with Crippen LogP contribution in [0, 0.1) is 0 Å². The maximum atomic E-state index is 11.2. The second-order valence-electron chi connectivity index (χ2n) is 3.65. The summed E-state index contributed by atoms with van der Waals surface area (Å²) in [5.41, 5.74) is 1.43. The van der Waals surface area contributed by atoms with Crippen LogP contribution in [0.3, 0.4) is 0 Å². The molecular weight excluding hydrogens is 368 g/mol. The van der Waals surface area contributed by atoms with Gasteiger partial charge in [0.1, 0.15) is 0 Å². The molecule has 0 saturated heterocycles. The average Bonchev–Trinajstić information content (AvgIpc) is 2.30. The Morgan fingerprint density at radius 1 is 0.889 bits per heavy atom. The molecular formula is C12H12Br2O4. The van der Waals surface area contributed by atoms with Crippen molar-refractivity contribution in [3.8, 4) is 0 Å². The molecule has 0 aliphatic rings. The van der Waals surface area contributed by atoms with Crippen LogP contribution in [0.25, 0.3) is 0 Å². The second kappa shape index (κ2) is 6.89. The molecule has 0 aliphatic heterocycles. The minimum Gasteiger partial charge on any atom is -0.478 e. The fraction of sp³-hybridized carbons (Fsp3) is 0.333. The van der Waals surface area contributed by atoms with E-state index < -0.39 is 11.9 Å². The van der Waals surface area contributed by atoms with Gasteiger partial charge in [-0.05, 0) is 36.1 Å². The van der Waals surface area contributed by atoms with Crippen molar-refractivity contribution < 1.29 is 19.8 Å². The van der Waals surface area contributed by atoms with Crippen molar-refractivity contribution in [1.29, 1.82) is 0 Å². The molecule has 1 aromatic rings. The molecule has 4 nitrogen and oxygen atoms in total. The lowest BCUT2D eigenvalue weighted by Gasteiger charge is -2.11. The zero-order chi connectivity index (χ0) is 13.7. The molecule has 0 amide bonds. The molecule has 98 valence electrons. The van der Waals surface area contributed by atoms with Gasteiger partial charge < -0.3 is 10.2 Å². The van der Waals surface area contributed by atoms with E-state index in [4.69, 9.17) is 10.2 Å². The quantitative estimate of drug-likeness (QED) is 0.745. The number of benzene rings is 1. The highest BCUT2D eigenvalue weighted by Gasteiger charge is 2.17. The van der Waals surface area contributed by atoms with E-state index in [9.17, 15) is 9.59 Å². The fourth-order valence-electron chi connectivity index (χ4n) is 1.70. The van der Waals surface area contributed by atoms with Crippen LogP contribution in [-0.2, 0) is 12.8 Å². The molecule has 0 unspecified atom stereocenters. The normalized spacial score (nSPS) is 10.3. The van der Waals surface area contributed by atoms with Crippen molar-refractivity contribution in [2.45, 2.75) is 12.8 Å². The molecule has 0 bridgehead atoms. The van der Waals surface area contributed by atoms with E-state index in [-0.39, 0.29) is 11.1 Å². The fourth-order valence-corrected chi connectivity index (χ4v) is 2.56. The summed E-state index contributed by atoms with van der Waals surface area (Å²) in [6, 6.07) is 2.93.